The summed E-state index contributed by atoms with van der Waals surface area (Å²) in [6.45, 7) is 4.03. The zero-order valence-electron chi connectivity index (χ0n) is 18.4. The van der Waals surface area contributed by atoms with Crippen LogP contribution in [0, 0.1) is 0 Å². The minimum absolute atomic E-state index is 0.00861. The molecule has 0 saturated heterocycles. The van der Waals surface area contributed by atoms with Crippen molar-refractivity contribution in [2.24, 2.45) is 9.98 Å². The minimum Gasteiger partial charge on any atom is -0.478 e. The first-order valence-electron chi connectivity index (χ1n) is 10.1. The minimum atomic E-state index is -4.59. The van der Waals surface area contributed by atoms with E-state index >= 15 is 0 Å². The van der Waals surface area contributed by atoms with E-state index in [0.717, 1.165) is 16.8 Å². The van der Waals surface area contributed by atoms with Gasteiger partial charge in [0, 0.05) is 12.5 Å². The summed E-state index contributed by atoms with van der Waals surface area (Å²) in [7, 11) is 0. The van der Waals surface area contributed by atoms with Crippen LogP contribution in [0.2, 0.25) is 0 Å². The second-order valence-electron chi connectivity index (χ2n) is 7.10. The van der Waals surface area contributed by atoms with Gasteiger partial charge in [0.25, 0.3) is 5.91 Å². The first-order valence-corrected chi connectivity index (χ1v) is 10.1. The van der Waals surface area contributed by atoms with Gasteiger partial charge < -0.3 is 20.3 Å². The van der Waals surface area contributed by atoms with Crippen LogP contribution in [-0.2, 0) is 10.9 Å². The Hall–Kier alpha value is -4.10. The van der Waals surface area contributed by atoms with E-state index in [1.54, 1.807) is 0 Å². The van der Waals surface area contributed by atoms with Crippen LogP contribution in [0.4, 0.5) is 13.2 Å². The van der Waals surface area contributed by atoms with Crippen molar-refractivity contribution in [3.63, 3.8) is 0 Å². The molecule has 0 aliphatic carbocycles. The summed E-state index contributed by atoms with van der Waals surface area (Å²) in [5.74, 6) is -0.752. The van der Waals surface area contributed by atoms with Gasteiger partial charge in [-0.05, 0) is 24.9 Å². The summed E-state index contributed by atoms with van der Waals surface area (Å²) in [6.07, 6.45) is -3.36. The Balaban J connectivity index is 1.91. The second-order valence-corrected chi connectivity index (χ2v) is 7.10. The number of fused-ring (bicyclic) bond motifs is 1. The lowest BCUT2D eigenvalue weighted by molar-refractivity contribution is -0.137. The van der Waals surface area contributed by atoms with Crippen LogP contribution in [0.15, 0.2) is 64.6 Å². The number of hydrogen-bond donors (Lipinski definition) is 3. The van der Waals surface area contributed by atoms with E-state index in [1.807, 2.05) is 0 Å². The number of alkyl halides is 3. The molecule has 35 heavy (non-hydrogen) atoms. The first kappa shape index (κ1) is 25.5. The molecule has 3 N–H and O–H groups in total. The second kappa shape index (κ2) is 10.9. The number of aromatic nitrogens is 3. The molecule has 1 aromatic carbocycles. The van der Waals surface area contributed by atoms with Crippen LogP contribution in [0.5, 0.6) is 0 Å². The summed E-state index contributed by atoms with van der Waals surface area (Å²) in [5, 5.41) is 24.9. The first-order chi connectivity index (χ1) is 16.6. The summed E-state index contributed by atoms with van der Waals surface area (Å²) in [5.41, 5.74) is -0.870. The Morgan fingerprint density at radius 3 is 2.74 bits per heavy atom. The molecule has 0 spiro atoms. The van der Waals surface area contributed by atoms with E-state index in [9.17, 15) is 23.1 Å². The van der Waals surface area contributed by atoms with Gasteiger partial charge in [0.05, 0.1) is 30.3 Å². The van der Waals surface area contributed by atoms with Gasteiger partial charge in [0.2, 0.25) is 0 Å². The van der Waals surface area contributed by atoms with Gasteiger partial charge in [-0.3, -0.25) is 9.79 Å². The number of carbonyl (C=O) groups excluding carboxylic acids is 1. The van der Waals surface area contributed by atoms with E-state index < -0.39 is 30.4 Å². The third-order valence-electron chi connectivity index (χ3n) is 4.53. The fourth-order valence-corrected chi connectivity index (χ4v) is 2.95. The number of ether oxygens (including phenoxy) is 1. The molecule has 0 aliphatic heterocycles. The molecule has 184 valence electrons. The standard InChI is InChI=1S/C22H21F3N6O4/c1-13(35-12-14(33)11-32)28-19(10-26-2)29-21(34)18-9-27-20-8-7-17(30-31(18)20)15-5-3-4-6-16(15)22(23,24)25/h3-10,14,32-33H,2,11-12H2,1H3,(H,29,34)/b19-10+,28-13?/t14-/m0/s1. The van der Waals surface area contributed by atoms with E-state index in [2.05, 4.69) is 32.1 Å². The van der Waals surface area contributed by atoms with Gasteiger partial charge in [0.1, 0.15) is 12.7 Å². The molecule has 0 aliphatic rings. The lowest BCUT2D eigenvalue weighted by Gasteiger charge is -2.12. The molecule has 3 rings (SSSR count). The lowest BCUT2D eigenvalue weighted by Crippen LogP contribution is -2.25. The molecule has 10 nitrogen and oxygen atoms in total. The van der Waals surface area contributed by atoms with Gasteiger partial charge in [-0.1, -0.05) is 18.2 Å². The fourth-order valence-electron chi connectivity index (χ4n) is 2.95. The zero-order chi connectivity index (χ0) is 25.6. The number of halogens is 3. The molecule has 2 aromatic heterocycles. The fraction of sp³-hybridized carbons (Fsp3) is 0.227. The van der Waals surface area contributed by atoms with Crippen molar-refractivity contribution in [3.8, 4) is 11.3 Å². The number of benzene rings is 1. The van der Waals surface area contributed by atoms with Gasteiger partial charge in [-0.25, -0.2) is 9.50 Å². The molecule has 0 radical (unpaired) electrons. The Morgan fingerprint density at radius 1 is 1.31 bits per heavy atom. The molecule has 3 aromatic rings. The molecular weight excluding hydrogens is 469 g/mol. The number of amides is 1. The number of aliphatic hydroxyl groups is 2. The molecule has 1 amide bonds. The number of nitrogens with zero attached hydrogens (tertiary/aromatic N) is 5. The lowest BCUT2D eigenvalue weighted by atomic mass is 10.0. The van der Waals surface area contributed by atoms with Crippen LogP contribution in [0.25, 0.3) is 16.9 Å². The maximum atomic E-state index is 13.5. The number of nitrogens with one attached hydrogen (secondary N) is 1. The van der Waals surface area contributed by atoms with E-state index in [4.69, 9.17) is 9.84 Å². The SMILES string of the molecule is C=N/C=C(\N=C(C)OC[C@@H](O)CO)NC(=O)c1cnc2ccc(-c3ccccc3C(F)(F)F)nn12. The smallest absolute Gasteiger partial charge is 0.417 e. The number of hydrogen-bond acceptors (Lipinski definition) is 8. The average molecular weight is 490 g/mol. The van der Waals surface area contributed by atoms with Crippen molar-refractivity contribution >= 4 is 24.2 Å². The van der Waals surface area contributed by atoms with E-state index in [-0.39, 0.29) is 40.9 Å². The largest absolute Gasteiger partial charge is 0.478 e. The summed E-state index contributed by atoms with van der Waals surface area (Å²) in [4.78, 5) is 24.6. The van der Waals surface area contributed by atoms with Crippen molar-refractivity contribution in [1.82, 2.24) is 19.9 Å². The highest BCUT2D eigenvalue weighted by molar-refractivity contribution is 5.94. The van der Waals surface area contributed by atoms with Crippen LogP contribution >= 0.6 is 0 Å². The number of aliphatic imine (C=N–C) groups is 2. The van der Waals surface area contributed by atoms with Crippen molar-refractivity contribution < 1.29 is 32.9 Å². The van der Waals surface area contributed by atoms with Crippen molar-refractivity contribution in [2.75, 3.05) is 13.2 Å². The highest BCUT2D eigenvalue weighted by Gasteiger charge is 2.33. The van der Waals surface area contributed by atoms with E-state index in [0.29, 0.717) is 0 Å². The summed E-state index contributed by atoms with van der Waals surface area (Å²) < 4.78 is 46.7. The maximum absolute atomic E-state index is 13.5. The normalized spacial score (nSPS) is 13.5. The highest BCUT2D eigenvalue weighted by atomic mass is 19.4. The van der Waals surface area contributed by atoms with Crippen molar-refractivity contribution in [1.29, 1.82) is 0 Å². The van der Waals surface area contributed by atoms with Gasteiger partial charge >= 0.3 is 6.18 Å². The van der Waals surface area contributed by atoms with Crippen LogP contribution < -0.4 is 5.32 Å². The number of rotatable bonds is 8. The zero-order valence-corrected chi connectivity index (χ0v) is 18.4. The number of carbonyl (C=O) groups is 1. The molecule has 1 atom stereocenters. The quantitative estimate of drug-likeness (QED) is 0.328. The Morgan fingerprint density at radius 2 is 2.06 bits per heavy atom. The Kier molecular flexibility index (Phi) is 7.94. The molecule has 0 unspecified atom stereocenters. The van der Waals surface area contributed by atoms with Gasteiger partial charge in [0.15, 0.2) is 23.1 Å². The summed E-state index contributed by atoms with van der Waals surface area (Å²) in [6, 6.07) is 7.79. The Labute approximate surface area is 197 Å². The van der Waals surface area contributed by atoms with E-state index in [1.165, 1.54) is 43.5 Å². The Bertz CT molecular complexity index is 1290. The maximum Gasteiger partial charge on any atom is 0.417 e. The molecule has 13 heteroatoms. The van der Waals surface area contributed by atoms with Crippen LogP contribution in [-0.4, -0.2) is 62.7 Å². The third kappa shape index (κ3) is 6.28. The topological polar surface area (TPSA) is 134 Å². The van der Waals surface area contributed by atoms with Crippen LogP contribution in [0.1, 0.15) is 23.0 Å². The molecular formula is C22H21F3N6O4. The molecule has 0 fully saturated rings. The predicted octanol–water partition coefficient (Wildman–Crippen LogP) is 2.43. The monoisotopic (exact) mass is 490 g/mol. The average Bonchev–Trinajstić information content (AvgIpc) is 3.25. The highest BCUT2D eigenvalue weighted by Crippen LogP contribution is 2.36. The number of imidazole rings is 1. The third-order valence-corrected chi connectivity index (χ3v) is 4.53. The predicted molar refractivity (Wildman–Crippen MR) is 121 cm³/mol. The number of aliphatic hydroxyl groups excluding tert-OH is 2. The van der Waals surface area contributed by atoms with Crippen molar-refractivity contribution in [2.45, 2.75) is 19.2 Å². The molecule has 0 saturated carbocycles. The summed E-state index contributed by atoms with van der Waals surface area (Å²) >= 11 is 0. The molecule has 0 bridgehead atoms. The van der Waals surface area contributed by atoms with Crippen LogP contribution in [0.3, 0.4) is 0 Å². The molecule has 2 heterocycles. The van der Waals surface area contributed by atoms with Gasteiger partial charge in [-0.2, -0.15) is 23.3 Å². The van der Waals surface area contributed by atoms with Gasteiger partial charge in [-0.15, -0.1) is 0 Å². The van der Waals surface area contributed by atoms with Crippen molar-refractivity contribution in [3.05, 3.63) is 65.9 Å².